The molecule has 0 radical (unpaired) electrons. The Bertz CT molecular complexity index is 745. The van der Waals surface area contributed by atoms with Crippen LogP contribution in [-0.2, 0) is 9.59 Å². The standard InChI is InChI=1S/C21H24N4O2/c1-16(18-10-5-3-6-11-18)22-24-20(26)14-9-15-21(27)25-23-17(2)19-12-7-4-8-13-19/h3-8,10-13H,9,14-15H2,1-2H3,(H,24,26)(H,25,27)/b22-16+,23-17+. The fourth-order valence-corrected chi connectivity index (χ4v) is 2.30. The Morgan fingerprint density at radius 1 is 0.704 bits per heavy atom. The summed E-state index contributed by atoms with van der Waals surface area (Å²) in [7, 11) is 0. The molecule has 0 fully saturated rings. The van der Waals surface area contributed by atoms with Crippen LogP contribution in [0.5, 0.6) is 0 Å². The normalized spacial score (nSPS) is 11.8. The first-order valence-corrected chi connectivity index (χ1v) is 8.83. The Labute approximate surface area is 159 Å². The molecule has 6 nitrogen and oxygen atoms in total. The van der Waals surface area contributed by atoms with Crippen LogP contribution in [0, 0.1) is 0 Å². The minimum atomic E-state index is -0.220. The molecule has 0 bridgehead atoms. The summed E-state index contributed by atoms with van der Waals surface area (Å²) < 4.78 is 0. The van der Waals surface area contributed by atoms with Crippen molar-refractivity contribution < 1.29 is 9.59 Å². The van der Waals surface area contributed by atoms with E-state index in [4.69, 9.17) is 0 Å². The summed E-state index contributed by atoms with van der Waals surface area (Å²) >= 11 is 0. The number of nitrogens with zero attached hydrogens (tertiary/aromatic N) is 2. The Hall–Kier alpha value is -3.28. The van der Waals surface area contributed by atoms with Gasteiger partial charge in [0.05, 0.1) is 11.4 Å². The molecule has 0 aliphatic carbocycles. The Morgan fingerprint density at radius 2 is 1.07 bits per heavy atom. The van der Waals surface area contributed by atoms with E-state index in [-0.39, 0.29) is 24.7 Å². The summed E-state index contributed by atoms with van der Waals surface area (Å²) in [6.45, 7) is 3.66. The molecule has 0 saturated carbocycles. The number of hydrogen-bond donors (Lipinski definition) is 2. The zero-order chi connectivity index (χ0) is 19.5. The molecule has 0 aliphatic heterocycles. The highest BCUT2D eigenvalue weighted by Crippen LogP contribution is 2.02. The molecular weight excluding hydrogens is 340 g/mol. The average Bonchev–Trinajstić information content (AvgIpc) is 2.71. The van der Waals surface area contributed by atoms with Crippen LogP contribution in [0.25, 0.3) is 0 Å². The maximum Gasteiger partial charge on any atom is 0.240 e. The molecule has 2 amide bonds. The average molecular weight is 364 g/mol. The number of hydrogen-bond acceptors (Lipinski definition) is 4. The fraction of sp³-hybridized carbons (Fsp3) is 0.238. The maximum atomic E-state index is 11.8. The van der Waals surface area contributed by atoms with E-state index in [1.54, 1.807) is 0 Å². The summed E-state index contributed by atoms with van der Waals surface area (Å²) in [6, 6.07) is 19.2. The van der Waals surface area contributed by atoms with E-state index >= 15 is 0 Å². The maximum absolute atomic E-state index is 11.8. The molecule has 0 unspecified atom stereocenters. The van der Waals surface area contributed by atoms with Gasteiger partial charge in [-0.05, 0) is 31.4 Å². The van der Waals surface area contributed by atoms with Crippen LogP contribution in [0.4, 0.5) is 0 Å². The lowest BCUT2D eigenvalue weighted by Gasteiger charge is -2.04. The number of carbonyl (C=O) groups excluding carboxylic acids is 2. The number of hydrazone groups is 2. The Morgan fingerprint density at radius 3 is 1.44 bits per heavy atom. The molecule has 0 heterocycles. The van der Waals surface area contributed by atoms with Crippen molar-refractivity contribution in [3.8, 4) is 0 Å². The predicted molar refractivity (Wildman–Crippen MR) is 107 cm³/mol. The topological polar surface area (TPSA) is 82.9 Å². The molecule has 0 aromatic heterocycles. The van der Waals surface area contributed by atoms with Gasteiger partial charge in [-0.2, -0.15) is 10.2 Å². The van der Waals surface area contributed by atoms with Gasteiger partial charge in [0, 0.05) is 12.8 Å². The van der Waals surface area contributed by atoms with E-state index in [2.05, 4.69) is 21.1 Å². The molecule has 27 heavy (non-hydrogen) atoms. The van der Waals surface area contributed by atoms with Crippen molar-refractivity contribution in [3.05, 3.63) is 71.8 Å². The Balaban J connectivity index is 1.69. The van der Waals surface area contributed by atoms with Gasteiger partial charge in [0.2, 0.25) is 11.8 Å². The highest BCUT2D eigenvalue weighted by molar-refractivity contribution is 5.99. The first-order chi connectivity index (χ1) is 13.1. The van der Waals surface area contributed by atoms with E-state index in [1.807, 2.05) is 74.5 Å². The number of nitrogens with one attached hydrogen (secondary N) is 2. The number of benzene rings is 2. The van der Waals surface area contributed by atoms with Crippen molar-refractivity contribution in [2.24, 2.45) is 10.2 Å². The fourth-order valence-electron chi connectivity index (χ4n) is 2.30. The molecular formula is C21H24N4O2. The SMILES string of the molecule is C/C(=N\NC(=O)CCCC(=O)N/N=C(\C)c1ccccc1)c1ccccc1. The van der Waals surface area contributed by atoms with Crippen LogP contribution < -0.4 is 10.9 Å². The second-order valence-electron chi connectivity index (χ2n) is 6.05. The predicted octanol–water partition coefficient (Wildman–Crippen LogP) is 3.24. The van der Waals surface area contributed by atoms with Gasteiger partial charge in [-0.1, -0.05) is 60.7 Å². The quantitative estimate of drug-likeness (QED) is 0.557. The zero-order valence-corrected chi connectivity index (χ0v) is 15.6. The van der Waals surface area contributed by atoms with E-state index < -0.39 is 0 Å². The molecule has 0 saturated heterocycles. The first kappa shape index (κ1) is 20.0. The van der Waals surface area contributed by atoms with Gasteiger partial charge in [0.15, 0.2) is 0 Å². The monoisotopic (exact) mass is 364 g/mol. The largest absolute Gasteiger partial charge is 0.273 e. The van der Waals surface area contributed by atoms with Crippen LogP contribution in [0.15, 0.2) is 70.9 Å². The molecule has 2 rings (SSSR count). The first-order valence-electron chi connectivity index (χ1n) is 8.83. The highest BCUT2D eigenvalue weighted by atomic mass is 16.2. The molecule has 0 aliphatic rings. The minimum absolute atomic E-state index is 0.220. The zero-order valence-electron chi connectivity index (χ0n) is 15.6. The van der Waals surface area contributed by atoms with E-state index in [1.165, 1.54) is 0 Å². The van der Waals surface area contributed by atoms with Crippen molar-refractivity contribution in [2.75, 3.05) is 0 Å². The van der Waals surface area contributed by atoms with Crippen LogP contribution in [0.3, 0.4) is 0 Å². The van der Waals surface area contributed by atoms with E-state index in [0.29, 0.717) is 6.42 Å². The summed E-state index contributed by atoms with van der Waals surface area (Å²) in [4.78, 5) is 23.7. The van der Waals surface area contributed by atoms with E-state index in [9.17, 15) is 9.59 Å². The van der Waals surface area contributed by atoms with Gasteiger partial charge in [-0.3, -0.25) is 9.59 Å². The molecule has 6 heteroatoms. The summed E-state index contributed by atoms with van der Waals surface area (Å²) in [5, 5.41) is 8.16. The van der Waals surface area contributed by atoms with Gasteiger partial charge in [-0.25, -0.2) is 10.9 Å². The number of carbonyl (C=O) groups is 2. The Kier molecular flexibility index (Phi) is 7.91. The third-order valence-electron chi connectivity index (χ3n) is 3.89. The summed E-state index contributed by atoms with van der Waals surface area (Å²) in [5.74, 6) is -0.441. The van der Waals surface area contributed by atoms with Crippen molar-refractivity contribution >= 4 is 23.2 Å². The third kappa shape index (κ3) is 7.23. The smallest absolute Gasteiger partial charge is 0.240 e. The molecule has 140 valence electrons. The van der Waals surface area contributed by atoms with Crippen LogP contribution in [-0.4, -0.2) is 23.2 Å². The van der Waals surface area contributed by atoms with Gasteiger partial charge < -0.3 is 0 Å². The van der Waals surface area contributed by atoms with Crippen LogP contribution >= 0.6 is 0 Å². The van der Waals surface area contributed by atoms with Crippen LogP contribution in [0.1, 0.15) is 44.2 Å². The van der Waals surface area contributed by atoms with Crippen molar-refractivity contribution in [1.29, 1.82) is 0 Å². The second kappa shape index (κ2) is 10.7. The van der Waals surface area contributed by atoms with Crippen molar-refractivity contribution in [3.63, 3.8) is 0 Å². The van der Waals surface area contributed by atoms with Gasteiger partial charge in [-0.15, -0.1) is 0 Å². The molecule has 0 atom stereocenters. The summed E-state index contributed by atoms with van der Waals surface area (Å²) in [6.07, 6.45) is 0.873. The lowest BCUT2D eigenvalue weighted by Crippen LogP contribution is -2.21. The molecule has 2 N–H and O–H groups in total. The molecule has 2 aromatic rings. The van der Waals surface area contributed by atoms with Gasteiger partial charge in [0.1, 0.15) is 0 Å². The second-order valence-corrected chi connectivity index (χ2v) is 6.05. The minimum Gasteiger partial charge on any atom is -0.273 e. The highest BCUT2D eigenvalue weighted by Gasteiger charge is 2.05. The molecule has 0 spiro atoms. The number of rotatable bonds is 8. The van der Waals surface area contributed by atoms with Gasteiger partial charge in [0.25, 0.3) is 0 Å². The number of amides is 2. The molecule has 2 aromatic carbocycles. The van der Waals surface area contributed by atoms with Gasteiger partial charge >= 0.3 is 0 Å². The lowest BCUT2D eigenvalue weighted by molar-refractivity contribution is -0.122. The van der Waals surface area contributed by atoms with Crippen LogP contribution in [0.2, 0.25) is 0 Å². The van der Waals surface area contributed by atoms with Crippen molar-refractivity contribution in [2.45, 2.75) is 33.1 Å². The lowest BCUT2D eigenvalue weighted by atomic mass is 10.1. The van der Waals surface area contributed by atoms with Crippen molar-refractivity contribution in [1.82, 2.24) is 10.9 Å². The third-order valence-corrected chi connectivity index (χ3v) is 3.89. The summed E-state index contributed by atoms with van der Waals surface area (Å²) in [5.41, 5.74) is 8.39. The van der Waals surface area contributed by atoms with E-state index in [0.717, 1.165) is 22.6 Å².